The molecule has 0 atom stereocenters. The first-order chi connectivity index (χ1) is 12.0. The highest BCUT2D eigenvalue weighted by Crippen LogP contribution is 2.29. The molecule has 3 rings (SSSR count). The van der Waals surface area contributed by atoms with Crippen molar-refractivity contribution in [3.8, 4) is 5.75 Å². The Balaban J connectivity index is 0.00000243. The molecule has 0 unspecified atom stereocenters. The van der Waals surface area contributed by atoms with Crippen molar-refractivity contribution in [1.82, 2.24) is 0 Å². The van der Waals surface area contributed by atoms with E-state index in [0.29, 0.717) is 11.3 Å². The molecule has 4 nitrogen and oxygen atoms in total. The van der Waals surface area contributed by atoms with E-state index in [1.165, 1.54) is 30.9 Å². The Kier molecular flexibility index (Phi) is 6.56. The maximum atomic E-state index is 12.2. The molecule has 0 aromatic heterocycles. The fourth-order valence-corrected chi connectivity index (χ4v) is 3.36. The Hall–Kier alpha value is -2.62. The molecule has 1 aliphatic rings. The third-order valence-corrected chi connectivity index (χ3v) is 4.60. The summed E-state index contributed by atoms with van der Waals surface area (Å²) in [5.74, 6) is 0.631. The summed E-state index contributed by atoms with van der Waals surface area (Å²) in [6.45, 7) is 3.37. The van der Waals surface area contributed by atoms with Crippen LogP contribution in [0.15, 0.2) is 36.4 Å². The molecule has 0 aliphatic heterocycles. The molecule has 1 amide bonds. The maximum Gasteiger partial charge on any atom is 0.262 e. The first kappa shape index (κ1) is 19.7. The van der Waals surface area contributed by atoms with Crippen molar-refractivity contribution in [1.29, 1.82) is 0 Å². The minimum atomic E-state index is -0.205. The third-order valence-electron chi connectivity index (χ3n) is 4.60. The van der Waals surface area contributed by atoms with Gasteiger partial charge in [0.1, 0.15) is 5.75 Å². The van der Waals surface area contributed by atoms with Crippen LogP contribution in [0.2, 0.25) is 0 Å². The fraction of sp³-hybridized carbons (Fsp3) is 0.364. The van der Waals surface area contributed by atoms with Crippen LogP contribution in [0.25, 0.3) is 0 Å². The highest BCUT2D eigenvalue weighted by molar-refractivity contribution is 5.97. The number of benzene rings is 2. The van der Waals surface area contributed by atoms with Crippen molar-refractivity contribution in [3.05, 3.63) is 58.7 Å². The van der Waals surface area contributed by atoms with Crippen LogP contribution in [0.1, 0.15) is 54.2 Å². The molecule has 0 saturated carbocycles. The topological polar surface area (TPSA) is 55.4 Å². The van der Waals surface area contributed by atoms with E-state index in [0.717, 1.165) is 24.2 Å². The van der Waals surface area contributed by atoms with Crippen molar-refractivity contribution in [2.45, 2.75) is 47.0 Å². The van der Waals surface area contributed by atoms with Crippen LogP contribution in [0.3, 0.4) is 0 Å². The molecule has 0 bridgehead atoms. The summed E-state index contributed by atoms with van der Waals surface area (Å²) in [5, 5.41) is 2.82. The summed E-state index contributed by atoms with van der Waals surface area (Å²) < 4.78 is 5.76. The molecule has 0 radical (unpaired) electrons. The van der Waals surface area contributed by atoms with Gasteiger partial charge in [0.25, 0.3) is 5.91 Å². The number of Topliss-reactive ketones (excluding diaryl/α,β-unsaturated/α-hetero) is 1. The zero-order valence-electron chi connectivity index (χ0n) is 14.7. The number of amides is 1. The molecular weight excluding hydrogens is 326 g/mol. The first-order valence-corrected chi connectivity index (χ1v) is 8.69. The Morgan fingerprint density at radius 1 is 1.12 bits per heavy atom. The van der Waals surface area contributed by atoms with Gasteiger partial charge in [-0.05, 0) is 80.5 Å². The van der Waals surface area contributed by atoms with E-state index in [1.807, 2.05) is 19.1 Å². The highest BCUT2D eigenvalue weighted by atomic mass is 16.5. The number of anilines is 1. The average molecular weight is 353 g/mol. The summed E-state index contributed by atoms with van der Waals surface area (Å²) in [4.78, 5) is 23.7. The first-order valence-electron chi connectivity index (χ1n) is 8.69. The lowest BCUT2D eigenvalue weighted by Crippen LogP contribution is -2.21. The lowest BCUT2D eigenvalue weighted by Gasteiger charge is -2.19. The van der Waals surface area contributed by atoms with Gasteiger partial charge < -0.3 is 10.1 Å². The molecule has 26 heavy (non-hydrogen) atoms. The van der Waals surface area contributed by atoms with Crippen LogP contribution < -0.4 is 10.1 Å². The normalized spacial score (nSPS) is 12.5. The second-order valence-electron chi connectivity index (χ2n) is 6.52. The number of hydrogen-bond donors (Lipinski definition) is 1. The van der Waals surface area contributed by atoms with E-state index in [4.69, 9.17) is 4.74 Å². The van der Waals surface area contributed by atoms with Crippen LogP contribution in [0, 0.1) is 6.92 Å². The van der Waals surface area contributed by atoms with E-state index in [1.54, 1.807) is 18.2 Å². The standard InChI is InChI=1S/C21H23NO3.CH4/c1-14-12-17(10-11-18(14)15(2)23)22-21(24)13-25-20-9-5-7-16-6-3-4-8-19(16)20;/h5,7,9-12H,3-4,6,8,13H2,1-2H3,(H,22,24);1H4. The van der Waals surface area contributed by atoms with E-state index in [9.17, 15) is 9.59 Å². The van der Waals surface area contributed by atoms with Gasteiger partial charge in [0.15, 0.2) is 12.4 Å². The van der Waals surface area contributed by atoms with E-state index in [-0.39, 0.29) is 25.7 Å². The highest BCUT2D eigenvalue weighted by Gasteiger charge is 2.15. The Morgan fingerprint density at radius 2 is 1.88 bits per heavy atom. The van der Waals surface area contributed by atoms with Crippen LogP contribution in [0.4, 0.5) is 5.69 Å². The SMILES string of the molecule is C.CC(=O)c1ccc(NC(=O)COc2cccc3c2CCCC3)cc1C. The minimum Gasteiger partial charge on any atom is -0.483 e. The number of fused-ring (bicyclic) bond motifs is 1. The number of ether oxygens (including phenoxy) is 1. The predicted octanol–water partition coefficient (Wildman–Crippen LogP) is 4.73. The summed E-state index contributed by atoms with van der Waals surface area (Å²) in [5.41, 5.74) is 4.77. The van der Waals surface area contributed by atoms with Gasteiger partial charge in [-0.1, -0.05) is 19.6 Å². The van der Waals surface area contributed by atoms with Gasteiger partial charge in [-0.3, -0.25) is 9.59 Å². The van der Waals surface area contributed by atoms with Gasteiger partial charge in [0.2, 0.25) is 0 Å². The molecule has 4 heteroatoms. The number of rotatable bonds is 5. The van der Waals surface area contributed by atoms with Crippen molar-refractivity contribution in [2.75, 3.05) is 11.9 Å². The minimum absolute atomic E-state index is 0. The van der Waals surface area contributed by atoms with Crippen LogP contribution in [0.5, 0.6) is 5.75 Å². The number of carbonyl (C=O) groups excluding carboxylic acids is 2. The molecule has 1 aliphatic carbocycles. The zero-order valence-corrected chi connectivity index (χ0v) is 14.7. The molecule has 0 heterocycles. The van der Waals surface area contributed by atoms with Crippen molar-refractivity contribution < 1.29 is 14.3 Å². The number of carbonyl (C=O) groups is 2. The Morgan fingerprint density at radius 3 is 2.62 bits per heavy atom. The lowest BCUT2D eigenvalue weighted by molar-refractivity contribution is -0.118. The van der Waals surface area contributed by atoms with E-state index < -0.39 is 0 Å². The summed E-state index contributed by atoms with van der Waals surface area (Å²) in [6, 6.07) is 11.3. The van der Waals surface area contributed by atoms with E-state index >= 15 is 0 Å². The van der Waals surface area contributed by atoms with Crippen molar-refractivity contribution in [2.24, 2.45) is 0 Å². The van der Waals surface area contributed by atoms with Gasteiger partial charge in [-0.25, -0.2) is 0 Å². The summed E-state index contributed by atoms with van der Waals surface area (Å²) in [6.07, 6.45) is 4.48. The Bertz CT molecular complexity index is 811. The second kappa shape index (κ2) is 8.65. The maximum absolute atomic E-state index is 12.2. The zero-order chi connectivity index (χ0) is 17.8. The number of ketones is 1. The summed E-state index contributed by atoms with van der Waals surface area (Å²) >= 11 is 0. The summed E-state index contributed by atoms with van der Waals surface area (Å²) in [7, 11) is 0. The van der Waals surface area contributed by atoms with Gasteiger partial charge in [-0.2, -0.15) is 0 Å². The molecule has 2 aromatic carbocycles. The largest absolute Gasteiger partial charge is 0.483 e. The van der Waals surface area contributed by atoms with Gasteiger partial charge in [-0.15, -0.1) is 0 Å². The molecule has 0 fully saturated rings. The predicted molar refractivity (Wildman–Crippen MR) is 105 cm³/mol. The van der Waals surface area contributed by atoms with Crippen molar-refractivity contribution >= 4 is 17.4 Å². The molecule has 0 saturated heterocycles. The van der Waals surface area contributed by atoms with E-state index in [2.05, 4.69) is 11.4 Å². The molecule has 0 spiro atoms. The second-order valence-corrected chi connectivity index (χ2v) is 6.52. The fourth-order valence-electron chi connectivity index (χ4n) is 3.36. The third kappa shape index (κ3) is 4.51. The smallest absolute Gasteiger partial charge is 0.262 e. The lowest BCUT2D eigenvalue weighted by atomic mass is 9.91. The number of hydrogen-bond acceptors (Lipinski definition) is 3. The van der Waals surface area contributed by atoms with Gasteiger partial charge in [0, 0.05) is 11.3 Å². The van der Waals surface area contributed by atoms with Crippen LogP contribution in [-0.2, 0) is 17.6 Å². The van der Waals surface area contributed by atoms with Crippen LogP contribution in [-0.4, -0.2) is 18.3 Å². The van der Waals surface area contributed by atoms with Gasteiger partial charge in [0.05, 0.1) is 0 Å². The Labute approximate surface area is 155 Å². The molecular formula is C22H27NO3. The molecule has 2 aromatic rings. The molecule has 1 N–H and O–H groups in total. The van der Waals surface area contributed by atoms with Crippen LogP contribution >= 0.6 is 0 Å². The molecule has 138 valence electrons. The number of aryl methyl sites for hydroxylation is 2. The van der Waals surface area contributed by atoms with Gasteiger partial charge >= 0.3 is 0 Å². The number of nitrogens with one attached hydrogen (secondary N) is 1. The quantitative estimate of drug-likeness (QED) is 0.791. The monoisotopic (exact) mass is 353 g/mol. The average Bonchev–Trinajstić information content (AvgIpc) is 2.59. The van der Waals surface area contributed by atoms with Crippen molar-refractivity contribution in [3.63, 3.8) is 0 Å².